The van der Waals surface area contributed by atoms with Crippen molar-refractivity contribution in [3.05, 3.63) is 241 Å². The highest BCUT2D eigenvalue weighted by molar-refractivity contribution is 6.13. The van der Waals surface area contributed by atoms with Crippen LogP contribution in [0.3, 0.4) is 0 Å². The molecule has 0 aliphatic carbocycles. The first kappa shape index (κ1) is 35.1. The minimum absolute atomic E-state index is 0.656. The molecule has 1 atom stereocenters. The molecule has 5 heterocycles. The molecule has 12 aromatic rings. The lowest BCUT2D eigenvalue weighted by Crippen LogP contribution is -2.37. The fourth-order valence-electron chi connectivity index (χ4n) is 10.9. The zero-order chi connectivity index (χ0) is 41.9. The molecule has 0 saturated heterocycles. The number of aromatic nitrogens is 4. The molecule has 9 aromatic carbocycles. The Balaban J connectivity index is 0.993. The Hall–Kier alpha value is -8.54. The van der Waals surface area contributed by atoms with Crippen LogP contribution in [-0.4, -0.2) is 19.1 Å². The minimum atomic E-state index is -0.656. The first-order chi connectivity index (χ1) is 31.7. The van der Waals surface area contributed by atoms with E-state index in [2.05, 4.69) is 215 Å². The summed E-state index contributed by atoms with van der Waals surface area (Å²) in [4.78, 5) is 10.2. The number of nitrogens with zero attached hydrogens (tertiary/aromatic N) is 4. The van der Waals surface area contributed by atoms with E-state index < -0.39 is 5.41 Å². The van der Waals surface area contributed by atoms with Crippen molar-refractivity contribution in [1.82, 2.24) is 19.1 Å². The van der Waals surface area contributed by atoms with Crippen LogP contribution >= 0.6 is 0 Å². The third kappa shape index (κ3) is 4.78. The normalized spacial score (nSPS) is 14.8. The van der Waals surface area contributed by atoms with Crippen LogP contribution in [0.1, 0.15) is 22.3 Å². The summed E-state index contributed by atoms with van der Waals surface area (Å²) in [5.41, 5.74) is 15.8. The Kier molecular flexibility index (Phi) is 7.26. The van der Waals surface area contributed by atoms with Gasteiger partial charge < -0.3 is 13.9 Å². The lowest BCUT2D eigenvalue weighted by atomic mass is 9.61. The molecule has 0 N–H and O–H groups in total. The second kappa shape index (κ2) is 13.2. The van der Waals surface area contributed by atoms with Crippen LogP contribution in [0, 0.1) is 0 Å². The Morgan fingerprint density at radius 2 is 0.938 bits per heavy atom. The van der Waals surface area contributed by atoms with Crippen LogP contribution in [0.15, 0.2) is 218 Å². The van der Waals surface area contributed by atoms with E-state index in [0.717, 1.165) is 67.4 Å². The summed E-state index contributed by atoms with van der Waals surface area (Å²) >= 11 is 0. The van der Waals surface area contributed by atoms with Crippen molar-refractivity contribution in [3.63, 3.8) is 0 Å². The lowest BCUT2D eigenvalue weighted by Gasteiger charge is -2.45. The van der Waals surface area contributed by atoms with Crippen molar-refractivity contribution in [2.75, 3.05) is 0 Å². The van der Waals surface area contributed by atoms with E-state index >= 15 is 0 Å². The highest BCUT2D eigenvalue weighted by Gasteiger charge is 2.50. The van der Waals surface area contributed by atoms with Gasteiger partial charge in [-0.2, -0.15) is 0 Å². The molecule has 0 saturated carbocycles. The Labute approximate surface area is 368 Å². The second-order valence-corrected chi connectivity index (χ2v) is 16.9. The van der Waals surface area contributed by atoms with E-state index in [9.17, 15) is 0 Å². The van der Waals surface area contributed by atoms with Crippen molar-refractivity contribution >= 4 is 43.6 Å². The summed E-state index contributed by atoms with van der Waals surface area (Å²) in [5.74, 6) is 2.40. The van der Waals surface area contributed by atoms with Gasteiger partial charge in [0.1, 0.15) is 11.5 Å². The topological polar surface area (TPSA) is 44.9 Å². The van der Waals surface area contributed by atoms with Gasteiger partial charge in [0.2, 0.25) is 0 Å². The van der Waals surface area contributed by atoms with Gasteiger partial charge in [-0.25, -0.2) is 9.97 Å². The van der Waals surface area contributed by atoms with Crippen LogP contribution in [0.2, 0.25) is 0 Å². The molecule has 5 nitrogen and oxygen atoms in total. The first-order valence-electron chi connectivity index (χ1n) is 21.8. The summed E-state index contributed by atoms with van der Waals surface area (Å²) in [6.45, 7) is 0. The standard InChI is InChI=1S/C59H36N4O/c1-3-16-37(17-4-1)49-35-50(38-18-5-2-6-19-38)61-58(60-49)39-30-32-40(33-31-39)62-51-26-11-8-21-42(51)44-34-48-56(36-54(44)62)64-55-29-14-10-24-46(55)59(48)45-23-9-13-28-53(45)63-52-27-12-7-20-41(52)43-22-15-25-47(59)57(43)63/h1-36H. The predicted molar refractivity (Wildman–Crippen MR) is 259 cm³/mol. The fourth-order valence-corrected chi connectivity index (χ4v) is 10.9. The largest absolute Gasteiger partial charge is 0.457 e. The summed E-state index contributed by atoms with van der Waals surface area (Å²) < 4.78 is 11.9. The Bertz CT molecular complexity index is 3810. The number of benzene rings is 9. The maximum atomic E-state index is 7.09. The molecule has 1 unspecified atom stereocenters. The highest BCUT2D eigenvalue weighted by atomic mass is 16.5. The molecular weight excluding hydrogens is 781 g/mol. The molecule has 0 radical (unpaired) electrons. The van der Waals surface area contributed by atoms with Crippen LogP contribution < -0.4 is 4.74 Å². The SMILES string of the molecule is c1ccc(-c2cc(-c3ccccc3)nc(-c3ccc(-n4c5ccccc5c5cc6c(cc54)Oc4ccccc4C64c5ccccc5-n5c6ccccc6c6cccc4c65)cc3)n2)cc1. The van der Waals surface area contributed by atoms with Crippen LogP contribution in [0.5, 0.6) is 11.5 Å². The summed E-state index contributed by atoms with van der Waals surface area (Å²) in [7, 11) is 0. The van der Waals surface area contributed by atoms with E-state index in [1.165, 1.54) is 49.4 Å². The number of fused-ring (bicyclic) bond motifs is 14. The molecule has 0 bridgehead atoms. The maximum Gasteiger partial charge on any atom is 0.160 e. The number of rotatable bonds is 4. The number of hydrogen-bond acceptors (Lipinski definition) is 3. The lowest BCUT2D eigenvalue weighted by molar-refractivity contribution is 0.434. The van der Waals surface area contributed by atoms with Crippen LogP contribution in [-0.2, 0) is 5.41 Å². The summed E-state index contributed by atoms with van der Waals surface area (Å²) in [6, 6.07) is 78.2. The van der Waals surface area contributed by atoms with Gasteiger partial charge in [-0.15, -0.1) is 0 Å². The second-order valence-electron chi connectivity index (χ2n) is 16.9. The van der Waals surface area contributed by atoms with E-state index in [4.69, 9.17) is 14.7 Å². The van der Waals surface area contributed by atoms with E-state index in [1.807, 2.05) is 12.1 Å². The van der Waals surface area contributed by atoms with Crippen molar-refractivity contribution in [2.24, 2.45) is 0 Å². The molecule has 14 rings (SSSR count). The van der Waals surface area contributed by atoms with Crippen molar-refractivity contribution in [2.45, 2.75) is 5.41 Å². The molecule has 298 valence electrons. The van der Waals surface area contributed by atoms with Crippen LogP contribution in [0.25, 0.3) is 88.9 Å². The third-order valence-electron chi connectivity index (χ3n) is 13.6. The monoisotopic (exact) mass is 816 g/mol. The predicted octanol–water partition coefficient (Wildman–Crippen LogP) is 14.5. The number of hydrogen-bond donors (Lipinski definition) is 0. The summed E-state index contributed by atoms with van der Waals surface area (Å²) in [5, 5.41) is 4.86. The third-order valence-corrected chi connectivity index (χ3v) is 13.6. The molecule has 64 heavy (non-hydrogen) atoms. The maximum absolute atomic E-state index is 7.09. The van der Waals surface area contributed by atoms with Crippen LogP contribution in [0.4, 0.5) is 0 Å². The number of ether oxygens (including phenoxy) is 1. The van der Waals surface area contributed by atoms with E-state index in [0.29, 0.717) is 5.82 Å². The van der Waals surface area contributed by atoms with Crippen molar-refractivity contribution < 1.29 is 4.74 Å². The smallest absolute Gasteiger partial charge is 0.160 e. The molecule has 3 aromatic heterocycles. The van der Waals surface area contributed by atoms with E-state index in [-0.39, 0.29) is 0 Å². The minimum Gasteiger partial charge on any atom is -0.457 e. The zero-order valence-corrected chi connectivity index (χ0v) is 34.5. The molecular formula is C59H36N4O. The molecule has 1 spiro atoms. The molecule has 5 heteroatoms. The van der Waals surface area contributed by atoms with Gasteiger partial charge in [-0.3, -0.25) is 0 Å². The molecule has 2 aliphatic heterocycles. The average Bonchev–Trinajstić information content (AvgIpc) is 3.88. The highest BCUT2D eigenvalue weighted by Crippen LogP contribution is 2.61. The van der Waals surface area contributed by atoms with Gasteiger partial charge in [0.25, 0.3) is 0 Å². The average molecular weight is 817 g/mol. The van der Waals surface area contributed by atoms with Gasteiger partial charge >= 0.3 is 0 Å². The quantitative estimate of drug-likeness (QED) is 0.178. The zero-order valence-electron chi connectivity index (χ0n) is 34.5. The molecule has 2 aliphatic rings. The Morgan fingerprint density at radius 1 is 0.359 bits per heavy atom. The van der Waals surface area contributed by atoms with E-state index in [1.54, 1.807) is 0 Å². The van der Waals surface area contributed by atoms with Gasteiger partial charge in [0.15, 0.2) is 5.82 Å². The first-order valence-corrected chi connectivity index (χ1v) is 21.8. The van der Waals surface area contributed by atoms with Crippen molar-refractivity contribution in [3.8, 4) is 56.8 Å². The molecule has 0 amide bonds. The van der Waals surface area contributed by atoms with Gasteiger partial charge in [-0.05, 0) is 71.8 Å². The van der Waals surface area contributed by atoms with Gasteiger partial charge in [0, 0.05) is 61.1 Å². The fraction of sp³-hybridized carbons (Fsp3) is 0.0169. The van der Waals surface area contributed by atoms with Gasteiger partial charge in [0.05, 0.1) is 44.6 Å². The Morgan fingerprint density at radius 3 is 1.67 bits per heavy atom. The number of para-hydroxylation sites is 5. The van der Waals surface area contributed by atoms with Crippen molar-refractivity contribution in [1.29, 1.82) is 0 Å². The van der Waals surface area contributed by atoms with Gasteiger partial charge in [-0.1, -0.05) is 152 Å². The summed E-state index contributed by atoms with van der Waals surface area (Å²) in [6.07, 6.45) is 0. The molecule has 0 fully saturated rings.